The van der Waals surface area contributed by atoms with Crippen LogP contribution >= 0.6 is 0 Å². The van der Waals surface area contributed by atoms with E-state index in [-0.39, 0.29) is 18.7 Å². The van der Waals surface area contributed by atoms with Crippen molar-refractivity contribution >= 4 is 17.7 Å². The number of rotatable bonds is 9. The van der Waals surface area contributed by atoms with E-state index in [1.807, 2.05) is 54.6 Å². The lowest BCUT2D eigenvalue weighted by molar-refractivity contribution is -0.133. The van der Waals surface area contributed by atoms with Gasteiger partial charge in [0.15, 0.2) is 6.10 Å². The predicted molar refractivity (Wildman–Crippen MR) is 114 cm³/mol. The fourth-order valence-electron chi connectivity index (χ4n) is 2.60. The number of hydrazine groups is 1. The Morgan fingerprint density at radius 2 is 1.47 bits per heavy atom. The van der Waals surface area contributed by atoms with Gasteiger partial charge in [-0.25, -0.2) is 0 Å². The smallest absolute Gasteiger partial charge is 0.279 e. The van der Waals surface area contributed by atoms with Crippen LogP contribution in [0.25, 0.3) is 0 Å². The van der Waals surface area contributed by atoms with E-state index >= 15 is 0 Å². The van der Waals surface area contributed by atoms with Crippen LogP contribution in [0.15, 0.2) is 54.6 Å². The van der Waals surface area contributed by atoms with Crippen LogP contribution in [0.3, 0.4) is 0 Å². The zero-order chi connectivity index (χ0) is 21.9. The van der Waals surface area contributed by atoms with Crippen LogP contribution in [0.4, 0.5) is 0 Å². The van der Waals surface area contributed by atoms with Crippen molar-refractivity contribution in [3.8, 4) is 5.75 Å². The lowest BCUT2D eigenvalue weighted by Gasteiger charge is -2.16. The van der Waals surface area contributed by atoms with E-state index in [0.717, 1.165) is 5.56 Å². The third-order valence-electron chi connectivity index (χ3n) is 4.47. The summed E-state index contributed by atoms with van der Waals surface area (Å²) in [6.45, 7) is 6.20. The van der Waals surface area contributed by atoms with Gasteiger partial charge in [-0.1, -0.05) is 56.3 Å². The highest BCUT2D eigenvalue weighted by Crippen LogP contribution is 2.19. The van der Waals surface area contributed by atoms with Crippen molar-refractivity contribution in [2.45, 2.75) is 52.2 Å². The maximum absolute atomic E-state index is 12.1. The number of ether oxygens (including phenoxy) is 1. The van der Waals surface area contributed by atoms with Crippen LogP contribution in [-0.2, 0) is 20.9 Å². The Morgan fingerprint density at radius 1 is 0.833 bits per heavy atom. The molecule has 2 rings (SSSR count). The standard InChI is InChI=1S/C23H29N3O4/c1-16(2)19-9-11-20(12-10-19)30-17(3)23(29)26-25-22(28)14-13-21(27)24-15-18-7-5-4-6-8-18/h4-12,16-17H,13-15H2,1-3H3,(H,24,27)(H,25,28)(H,26,29). The summed E-state index contributed by atoms with van der Waals surface area (Å²) in [6, 6.07) is 17.0. The van der Waals surface area contributed by atoms with Crippen LogP contribution in [-0.4, -0.2) is 23.8 Å². The van der Waals surface area contributed by atoms with Crippen molar-refractivity contribution in [3.63, 3.8) is 0 Å². The van der Waals surface area contributed by atoms with Gasteiger partial charge in [-0.05, 0) is 36.1 Å². The molecule has 0 aliphatic rings. The monoisotopic (exact) mass is 411 g/mol. The maximum Gasteiger partial charge on any atom is 0.279 e. The average molecular weight is 412 g/mol. The van der Waals surface area contributed by atoms with Gasteiger partial charge in [0.25, 0.3) is 5.91 Å². The molecule has 0 saturated heterocycles. The number of hydrogen-bond donors (Lipinski definition) is 3. The molecule has 0 radical (unpaired) electrons. The molecule has 0 aromatic heterocycles. The van der Waals surface area contributed by atoms with Crippen molar-refractivity contribution in [3.05, 3.63) is 65.7 Å². The number of carbonyl (C=O) groups excluding carboxylic acids is 3. The van der Waals surface area contributed by atoms with Gasteiger partial charge in [-0.3, -0.25) is 25.2 Å². The first-order valence-electron chi connectivity index (χ1n) is 10.0. The number of hydrogen-bond acceptors (Lipinski definition) is 4. The lowest BCUT2D eigenvalue weighted by Crippen LogP contribution is -2.47. The Labute approximate surface area is 177 Å². The largest absolute Gasteiger partial charge is 0.481 e. The van der Waals surface area contributed by atoms with Gasteiger partial charge in [0.1, 0.15) is 5.75 Å². The van der Waals surface area contributed by atoms with Crippen LogP contribution in [0.5, 0.6) is 5.75 Å². The van der Waals surface area contributed by atoms with E-state index in [4.69, 9.17) is 4.74 Å². The number of benzene rings is 2. The highest BCUT2D eigenvalue weighted by Gasteiger charge is 2.16. The van der Waals surface area contributed by atoms with E-state index in [2.05, 4.69) is 30.0 Å². The molecular weight excluding hydrogens is 382 g/mol. The molecule has 0 saturated carbocycles. The summed E-state index contributed by atoms with van der Waals surface area (Å²) in [7, 11) is 0. The third-order valence-corrected chi connectivity index (χ3v) is 4.47. The summed E-state index contributed by atoms with van der Waals surface area (Å²) in [4.78, 5) is 35.8. The fourth-order valence-corrected chi connectivity index (χ4v) is 2.60. The van der Waals surface area contributed by atoms with Gasteiger partial charge in [0, 0.05) is 19.4 Å². The molecule has 1 unspecified atom stereocenters. The molecule has 7 nitrogen and oxygen atoms in total. The Hall–Kier alpha value is -3.35. The molecule has 0 spiro atoms. The van der Waals surface area contributed by atoms with Crippen molar-refractivity contribution in [1.29, 1.82) is 0 Å². The summed E-state index contributed by atoms with van der Waals surface area (Å²) in [5, 5.41) is 2.75. The SMILES string of the molecule is CC(Oc1ccc(C(C)C)cc1)C(=O)NNC(=O)CCC(=O)NCc1ccccc1. The van der Waals surface area contributed by atoms with Crippen LogP contribution < -0.4 is 20.9 Å². The van der Waals surface area contributed by atoms with Crippen LogP contribution in [0.1, 0.15) is 50.7 Å². The summed E-state index contributed by atoms with van der Waals surface area (Å²) in [6.07, 6.45) is -0.792. The summed E-state index contributed by atoms with van der Waals surface area (Å²) < 4.78 is 5.59. The van der Waals surface area contributed by atoms with Gasteiger partial charge in [-0.2, -0.15) is 0 Å². The number of amides is 3. The average Bonchev–Trinajstić information content (AvgIpc) is 2.75. The molecular formula is C23H29N3O4. The van der Waals surface area contributed by atoms with Gasteiger partial charge < -0.3 is 10.1 Å². The van der Waals surface area contributed by atoms with E-state index in [1.54, 1.807) is 6.92 Å². The predicted octanol–water partition coefficient (Wildman–Crippen LogP) is 2.82. The first-order valence-corrected chi connectivity index (χ1v) is 10.0. The second-order valence-corrected chi connectivity index (χ2v) is 7.28. The molecule has 2 aromatic rings. The molecule has 0 heterocycles. The second kappa shape index (κ2) is 11.6. The minimum Gasteiger partial charge on any atom is -0.481 e. The van der Waals surface area contributed by atoms with Gasteiger partial charge in [-0.15, -0.1) is 0 Å². The molecule has 0 fully saturated rings. The minimum atomic E-state index is -0.788. The zero-order valence-corrected chi connectivity index (χ0v) is 17.6. The fraction of sp³-hybridized carbons (Fsp3) is 0.348. The molecule has 0 aliphatic heterocycles. The van der Waals surface area contributed by atoms with Gasteiger partial charge in [0.2, 0.25) is 11.8 Å². The van der Waals surface area contributed by atoms with E-state index < -0.39 is 17.9 Å². The molecule has 30 heavy (non-hydrogen) atoms. The van der Waals surface area contributed by atoms with Gasteiger partial charge in [0.05, 0.1) is 0 Å². The molecule has 3 amide bonds. The number of carbonyl (C=O) groups is 3. The maximum atomic E-state index is 12.1. The Kier molecular flexibility index (Phi) is 8.87. The number of nitrogens with one attached hydrogen (secondary N) is 3. The van der Waals surface area contributed by atoms with Crippen molar-refractivity contribution < 1.29 is 19.1 Å². The van der Waals surface area contributed by atoms with E-state index in [0.29, 0.717) is 18.2 Å². The minimum absolute atomic E-state index is 0.0305. The molecule has 0 aliphatic carbocycles. The summed E-state index contributed by atoms with van der Waals surface area (Å²) in [5.41, 5.74) is 6.78. The third kappa shape index (κ3) is 7.95. The van der Waals surface area contributed by atoms with E-state index in [9.17, 15) is 14.4 Å². The summed E-state index contributed by atoms with van der Waals surface area (Å²) in [5.74, 6) is -0.183. The quantitative estimate of drug-likeness (QED) is 0.553. The molecule has 0 bridgehead atoms. The van der Waals surface area contributed by atoms with Crippen molar-refractivity contribution in [2.75, 3.05) is 0 Å². The second-order valence-electron chi connectivity index (χ2n) is 7.28. The normalized spacial score (nSPS) is 11.5. The summed E-state index contributed by atoms with van der Waals surface area (Å²) >= 11 is 0. The lowest BCUT2D eigenvalue weighted by atomic mass is 10.0. The van der Waals surface area contributed by atoms with Crippen LogP contribution in [0, 0.1) is 0 Å². The Bertz CT molecular complexity index is 835. The zero-order valence-electron chi connectivity index (χ0n) is 17.6. The highest BCUT2D eigenvalue weighted by molar-refractivity contribution is 5.86. The molecule has 2 aromatic carbocycles. The first kappa shape index (κ1) is 22.9. The molecule has 160 valence electrons. The van der Waals surface area contributed by atoms with Gasteiger partial charge >= 0.3 is 0 Å². The molecule has 7 heteroatoms. The van der Waals surface area contributed by atoms with E-state index in [1.165, 1.54) is 5.56 Å². The highest BCUT2D eigenvalue weighted by atomic mass is 16.5. The molecule has 3 N–H and O–H groups in total. The first-order chi connectivity index (χ1) is 14.3. The Balaban J connectivity index is 1.65. The Morgan fingerprint density at radius 3 is 2.10 bits per heavy atom. The molecule has 1 atom stereocenters. The van der Waals surface area contributed by atoms with Crippen molar-refractivity contribution in [1.82, 2.24) is 16.2 Å². The van der Waals surface area contributed by atoms with Crippen LogP contribution in [0.2, 0.25) is 0 Å². The topological polar surface area (TPSA) is 96.5 Å². The van der Waals surface area contributed by atoms with Crippen molar-refractivity contribution in [2.24, 2.45) is 0 Å².